The molecule has 0 aliphatic carbocycles. The number of amides is 2. The average molecular weight is 535 g/mol. The lowest BCUT2D eigenvalue weighted by molar-refractivity contribution is -0.138. The molecule has 0 saturated carbocycles. The molecular formula is C29H31FN4O3S. The Kier molecular flexibility index (Phi) is 8.12. The maximum absolute atomic E-state index is 13.6. The lowest BCUT2D eigenvalue weighted by atomic mass is 9.91. The third-order valence-corrected chi connectivity index (χ3v) is 7.29. The van der Waals surface area contributed by atoms with Crippen LogP contribution in [0.4, 0.5) is 10.1 Å². The first-order valence-corrected chi connectivity index (χ1v) is 13.3. The van der Waals surface area contributed by atoms with Gasteiger partial charge < -0.3 is 19.4 Å². The van der Waals surface area contributed by atoms with Gasteiger partial charge in [0.1, 0.15) is 28.2 Å². The first kappa shape index (κ1) is 27.3. The topological polar surface area (TPSA) is 76.9 Å². The van der Waals surface area contributed by atoms with Crippen LogP contribution in [0.15, 0.2) is 64.5 Å². The number of nitriles is 1. The van der Waals surface area contributed by atoms with Gasteiger partial charge in [-0.2, -0.15) is 5.26 Å². The summed E-state index contributed by atoms with van der Waals surface area (Å²) in [6.07, 6.45) is 0.444. The van der Waals surface area contributed by atoms with Crippen LogP contribution in [0.25, 0.3) is 5.70 Å². The minimum Gasteiger partial charge on any atom is -0.497 e. The van der Waals surface area contributed by atoms with Gasteiger partial charge in [0.15, 0.2) is 0 Å². The number of methoxy groups -OCH3 is 1. The lowest BCUT2D eigenvalue weighted by Gasteiger charge is -2.36. The zero-order valence-electron chi connectivity index (χ0n) is 22.0. The smallest absolute Gasteiger partial charge is 0.267 e. The van der Waals surface area contributed by atoms with Crippen molar-refractivity contribution in [3.05, 3.63) is 75.9 Å². The fraction of sp³-hybridized carbons (Fsp3) is 0.345. The van der Waals surface area contributed by atoms with Crippen molar-refractivity contribution in [1.29, 1.82) is 5.26 Å². The van der Waals surface area contributed by atoms with Crippen molar-refractivity contribution in [3.8, 4) is 11.8 Å². The second-order valence-corrected chi connectivity index (χ2v) is 11.2. The van der Waals surface area contributed by atoms with Crippen molar-refractivity contribution >= 4 is 35.0 Å². The summed E-state index contributed by atoms with van der Waals surface area (Å²) in [7, 11) is 1.58. The minimum absolute atomic E-state index is 0.0219. The Morgan fingerprint density at radius 3 is 2.16 bits per heavy atom. The SMILES string of the molecule is COc1ccc(N2C(c3ccc(F)cc3)=CS/C2=C(/C#N)C(=O)N2CCN(C(=O)CC(C)(C)C)CC2)cc1. The molecular weight excluding hydrogens is 503 g/mol. The summed E-state index contributed by atoms with van der Waals surface area (Å²) in [5.41, 5.74) is 2.13. The molecule has 38 heavy (non-hydrogen) atoms. The molecule has 4 rings (SSSR count). The van der Waals surface area contributed by atoms with Gasteiger partial charge in [-0.1, -0.05) is 32.5 Å². The first-order chi connectivity index (χ1) is 18.1. The van der Waals surface area contributed by atoms with Crippen LogP contribution in [0.3, 0.4) is 0 Å². The van der Waals surface area contributed by atoms with Crippen molar-refractivity contribution in [2.75, 3.05) is 38.2 Å². The molecule has 198 valence electrons. The van der Waals surface area contributed by atoms with E-state index >= 15 is 0 Å². The predicted molar refractivity (Wildman–Crippen MR) is 147 cm³/mol. The van der Waals surface area contributed by atoms with E-state index in [1.165, 1.54) is 23.9 Å². The van der Waals surface area contributed by atoms with E-state index in [1.807, 2.05) is 43.2 Å². The molecule has 0 aromatic heterocycles. The van der Waals surface area contributed by atoms with Crippen LogP contribution in [0.1, 0.15) is 32.8 Å². The van der Waals surface area contributed by atoms with Crippen LogP contribution < -0.4 is 9.64 Å². The first-order valence-electron chi connectivity index (χ1n) is 12.4. The summed E-state index contributed by atoms with van der Waals surface area (Å²) in [4.78, 5) is 31.5. The summed E-state index contributed by atoms with van der Waals surface area (Å²) in [5.74, 6) is 0.0347. The van der Waals surface area contributed by atoms with Crippen LogP contribution in [-0.2, 0) is 9.59 Å². The molecule has 1 saturated heterocycles. The van der Waals surface area contributed by atoms with Crippen LogP contribution in [0, 0.1) is 22.6 Å². The number of carbonyl (C=O) groups is 2. The number of hydrogen-bond donors (Lipinski definition) is 0. The van der Waals surface area contributed by atoms with Gasteiger partial charge in [0.25, 0.3) is 5.91 Å². The van der Waals surface area contributed by atoms with Crippen LogP contribution in [-0.4, -0.2) is 54.9 Å². The third kappa shape index (κ3) is 6.03. The second kappa shape index (κ2) is 11.3. The average Bonchev–Trinajstić information content (AvgIpc) is 3.33. The maximum atomic E-state index is 13.6. The van der Waals surface area contributed by atoms with Crippen LogP contribution in [0.2, 0.25) is 0 Å². The highest BCUT2D eigenvalue weighted by Gasteiger charge is 2.34. The molecule has 2 aromatic rings. The van der Waals surface area contributed by atoms with Gasteiger partial charge in [-0.25, -0.2) is 4.39 Å². The second-order valence-electron chi connectivity index (χ2n) is 10.4. The van der Waals surface area contributed by atoms with Crippen molar-refractivity contribution in [3.63, 3.8) is 0 Å². The van der Waals surface area contributed by atoms with E-state index in [2.05, 4.69) is 6.07 Å². The van der Waals surface area contributed by atoms with E-state index in [-0.39, 0.29) is 28.6 Å². The largest absolute Gasteiger partial charge is 0.497 e. The summed E-state index contributed by atoms with van der Waals surface area (Å²) < 4.78 is 18.9. The van der Waals surface area contributed by atoms with Gasteiger partial charge >= 0.3 is 0 Å². The summed E-state index contributed by atoms with van der Waals surface area (Å²) in [5, 5.41) is 12.5. The highest BCUT2D eigenvalue weighted by atomic mass is 32.2. The van der Waals surface area contributed by atoms with E-state index in [9.17, 15) is 19.2 Å². The third-order valence-electron chi connectivity index (χ3n) is 6.34. The molecule has 2 aliphatic rings. The zero-order valence-corrected chi connectivity index (χ0v) is 22.8. The van der Waals surface area contributed by atoms with Crippen LogP contribution in [0.5, 0.6) is 5.75 Å². The van der Waals surface area contributed by atoms with Crippen molar-refractivity contribution in [2.24, 2.45) is 5.41 Å². The molecule has 2 heterocycles. The number of anilines is 1. The number of carbonyl (C=O) groups excluding carboxylic acids is 2. The molecule has 0 radical (unpaired) electrons. The van der Waals surface area contributed by atoms with Crippen molar-refractivity contribution in [1.82, 2.24) is 9.80 Å². The maximum Gasteiger partial charge on any atom is 0.267 e. The summed E-state index contributed by atoms with van der Waals surface area (Å²) in [6, 6.07) is 15.5. The molecule has 2 amide bonds. The number of nitrogens with zero attached hydrogens (tertiary/aromatic N) is 4. The lowest BCUT2D eigenvalue weighted by Crippen LogP contribution is -2.51. The van der Waals surface area contributed by atoms with Gasteiger partial charge in [0.2, 0.25) is 5.91 Å². The molecule has 0 spiro atoms. The summed E-state index contributed by atoms with van der Waals surface area (Å²) in [6.45, 7) is 7.66. The monoisotopic (exact) mass is 534 g/mol. The van der Waals surface area contributed by atoms with Gasteiger partial charge in [-0.05, 0) is 59.5 Å². The Bertz CT molecular complexity index is 1300. The fourth-order valence-electron chi connectivity index (χ4n) is 4.37. The number of ether oxygens (including phenoxy) is 1. The van der Waals surface area contributed by atoms with E-state index in [0.29, 0.717) is 43.4 Å². The molecule has 2 aromatic carbocycles. The van der Waals surface area contributed by atoms with Crippen molar-refractivity contribution < 1.29 is 18.7 Å². The van der Waals surface area contributed by atoms with Crippen molar-refractivity contribution in [2.45, 2.75) is 27.2 Å². The molecule has 0 N–H and O–H groups in total. The van der Waals surface area contributed by atoms with Gasteiger partial charge in [-0.15, -0.1) is 0 Å². The Morgan fingerprint density at radius 2 is 1.61 bits per heavy atom. The Morgan fingerprint density at radius 1 is 1.00 bits per heavy atom. The standard InChI is InChI=1S/C29H31FN4O3S/c1-29(2,3)17-26(35)32-13-15-33(16-14-32)27(36)24(18-31)28-34(22-9-11-23(37-4)12-10-22)25(19-38-28)20-5-7-21(30)8-6-20/h5-12,19H,13-17H2,1-4H3/b28-24-. The molecule has 0 bridgehead atoms. The van der Waals surface area contributed by atoms with Gasteiger partial charge in [-0.3, -0.25) is 9.59 Å². The zero-order chi connectivity index (χ0) is 27.4. The number of rotatable bonds is 5. The highest BCUT2D eigenvalue weighted by Crippen LogP contribution is 2.45. The molecule has 1 fully saturated rings. The Balaban J connectivity index is 1.62. The number of thioether (sulfide) groups is 1. The van der Waals surface area contributed by atoms with E-state index in [4.69, 9.17) is 4.74 Å². The van der Waals surface area contributed by atoms with Crippen LogP contribution >= 0.6 is 11.8 Å². The number of hydrogen-bond acceptors (Lipinski definition) is 6. The van der Waals surface area contributed by atoms with Gasteiger partial charge in [0, 0.05) is 43.7 Å². The molecule has 7 nitrogen and oxygen atoms in total. The normalized spacial score (nSPS) is 17.2. The summed E-state index contributed by atoms with van der Waals surface area (Å²) >= 11 is 1.28. The van der Waals surface area contributed by atoms with Gasteiger partial charge in [0.05, 0.1) is 12.8 Å². The number of piperazine rings is 1. The van der Waals surface area contributed by atoms with E-state index in [0.717, 1.165) is 16.9 Å². The molecule has 2 aliphatic heterocycles. The Labute approximate surface area is 227 Å². The fourth-order valence-corrected chi connectivity index (χ4v) is 5.40. The quantitative estimate of drug-likeness (QED) is 0.386. The van der Waals surface area contributed by atoms with E-state index in [1.54, 1.807) is 41.2 Å². The Hall–Kier alpha value is -3.77. The molecule has 0 atom stereocenters. The number of benzene rings is 2. The predicted octanol–water partition coefficient (Wildman–Crippen LogP) is 5.23. The minimum atomic E-state index is -0.370. The number of halogens is 1. The highest BCUT2D eigenvalue weighted by molar-refractivity contribution is 8.06. The van der Waals surface area contributed by atoms with E-state index < -0.39 is 0 Å². The molecule has 0 unspecified atom stereocenters. The molecule has 9 heteroatoms.